The first-order chi connectivity index (χ1) is 13.2. The van der Waals surface area contributed by atoms with E-state index in [-0.39, 0.29) is 5.82 Å². The van der Waals surface area contributed by atoms with Crippen molar-refractivity contribution < 1.29 is 9.13 Å². The number of nitrogens with one attached hydrogen (secondary N) is 2. The van der Waals surface area contributed by atoms with Crippen molar-refractivity contribution in [1.29, 1.82) is 0 Å². The zero-order valence-electron chi connectivity index (χ0n) is 16.1. The molecular weight excluding hydrogens is 341 g/mol. The molecule has 1 fully saturated rings. The molecule has 2 N–H and O–H groups in total. The van der Waals surface area contributed by atoms with Gasteiger partial charge in [-0.15, -0.1) is 0 Å². The molecule has 1 aliphatic rings. The third-order valence-corrected chi connectivity index (χ3v) is 4.97. The summed E-state index contributed by atoms with van der Waals surface area (Å²) in [6.45, 7) is 5.19. The topological polar surface area (TPSA) is 45.7 Å². The van der Waals surface area contributed by atoms with Gasteiger partial charge in [0.2, 0.25) is 0 Å². The highest BCUT2D eigenvalue weighted by atomic mass is 19.1. The van der Waals surface area contributed by atoms with Crippen LogP contribution < -0.4 is 15.4 Å². The van der Waals surface area contributed by atoms with Crippen LogP contribution in [0.5, 0.6) is 5.75 Å². The lowest BCUT2D eigenvalue weighted by Gasteiger charge is -2.23. The van der Waals surface area contributed by atoms with E-state index in [9.17, 15) is 4.39 Å². The van der Waals surface area contributed by atoms with E-state index in [1.165, 1.54) is 6.07 Å². The molecule has 0 unspecified atom stereocenters. The van der Waals surface area contributed by atoms with Gasteiger partial charge in [-0.05, 0) is 56.0 Å². The van der Waals surface area contributed by atoms with Crippen LogP contribution in [0.3, 0.4) is 0 Å². The number of rotatable bonds is 6. The Bertz CT molecular complexity index is 747. The fourth-order valence-corrected chi connectivity index (χ4v) is 3.42. The zero-order chi connectivity index (χ0) is 19.1. The minimum atomic E-state index is -0.309. The van der Waals surface area contributed by atoms with E-state index in [0.29, 0.717) is 36.2 Å². The van der Waals surface area contributed by atoms with Crippen molar-refractivity contribution in [2.75, 3.05) is 26.7 Å². The fraction of sp³-hybridized carbons (Fsp3) is 0.409. The average molecular weight is 369 g/mol. The van der Waals surface area contributed by atoms with E-state index in [2.05, 4.69) is 15.6 Å². The Labute approximate surface area is 160 Å². The van der Waals surface area contributed by atoms with Gasteiger partial charge in [0.05, 0.1) is 12.2 Å². The first kappa shape index (κ1) is 19.4. The van der Waals surface area contributed by atoms with Crippen molar-refractivity contribution >= 4 is 5.84 Å². The Hall–Kier alpha value is -2.40. The van der Waals surface area contributed by atoms with E-state index in [1.807, 2.05) is 43.3 Å². The lowest BCUT2D eigenvalue weighted by Crippen LogP contribution is -2.30. The Morgan fingerprint density at radius 1 is 1.22 bits per heavy atom. The number of ether oxygens (including phenoxy) is 1. The van der Waals surface area contributed by atoms with Crippen molar-refractivity contribution in [3.63, 3.8) is 0 Å². The first-order valence-corrected chi connectivity index (χ1v) is 9.56. The van der Waals surface area contributed by atoms with E-state index in [1.54, 1.807) is 7.05 Å². The molecule has 1 saturated heterocycles. The molecule has 3 rings (SSSR count). The van der Waals surface area contributed by atoms with Crippen LogP contribution in [0.1, 0.15) is 29.5 Å². The summed E-state index contributed by atoms with van der Waals surface area (Å²) in [7, 11) is 1.67. The Morgan fingerprint density at radius 3 is 2.63 bits per heavy atom. The van der Waals surface area contributed by atoms with Gasteiger partial charge in [0.25, 0.3) is 0 Å². The van der Waals surface area contributed by atoms with Crippen LogP contribution in [-0.2, 0) is 6.54 Å². The van der Waals surface area contributed by atoms with E-state index < -0.39 is 0 Å². The van der Waals surface area contributed by atoms with Gasteiger partial charge < -0.3 is 15.4 Å². The van der Waals surface area contributed by atoms with Crippen LogP contribution >= 0.6 is 0 Å². The monoisotopic (exact) mass is 369 g/mol. The lowest BCUT2D eigenvalue weighted by molar-refractivity contribution is 0.214. The zero-order valence-corrected chi connectivity index (χ0v) is 16.1. The number of nitrogens with zero attached hydrogens (tertiary/aromatic N) is 1. The summed E-state index contributed by atoms with van der Waals surface area (Å²) in [5.74, 6) is 1.37. The molecule has 0 aromatic heterocycles. The van der Waals surface area contributed by atoms with Crippen molar-refractivity contribution in [2.45, 2.75) is 26.3 Å². The van der Waals surface area contributed by atoms with Crippen molar-refractivity contribution in [2.24, 2.45) is 10.9 Å². The molecule has 1 aliphatic heterocycles. The maximum atomic E-state index is 14.8. The lowest BCUT2D eigenvalue weighted by atomic mass is 9.99. The number of hydrogen-bond acceptors (Lipinski definition) is 3. The number of aliphatic imine (C=N–C) groups is 1. The molecule has 0 saturated carbocycles. The molecule has 5 heteroatoms. The standard InChI is InChI=1S/C22H28FN3O/c1-16-12-19(27-15-18-8-10-25-11-9-18)13-20(23)21(16)22(24-2)26-14-17-6-4-3-5-7-17/h3-7,12-13,18,25H,8-11,14-15H2,1-2H3,(H,24,26). The molecule has 0 spiro atoms. The summed E-state index contributed by atoms with van der Waals surface area (Å²) in [6, 6.07) is 13.4. The molecule has 2 aromatic carbocycles. The number of aryl methyl sites for hydroxylation is 1. The summed E-state index contributed by atoms with van der Waals surface area (Å²) in [5, 5.41) is 6.59. The van der Waals surface area contributed by atoms with E-state index in [0.717, 1.165) is 37.1 Å². The maximum Gasteiger partial charge on any atom is 0.138 e. The van der Waals surface area contributed by atoms with Crippen LogP contribution in [0.2, 0.25) is 0 Å². The molecule has 2 aromatic rings. The minimum absolute atomic E-state index is 0.309. The van der Waals surface area contributed by atoms with Gasteiger partial charge in [0.15, 0.2) is 0 Å². The smallest absolute Gasteiger partial charge is 0.138 e. The second-order valence-corrected chi connectivity index (χ2v) is 7.01. The molecule has 0 radical (unpaired) electrons. The predicted molar refractivity (Wildman–Crippen MR) is 108 cm³/mol. The number of piperidine rings is 1. The average Bonchev–Trinajstić information content (AvgIpc) is 2.70. The van der Waals surface area contributed by atoms with Crippen molar-refractivity contribution in [3.8, 4) is 5.75 Å². The van der Waals surface area contributed by atoms with Gasteiger partial charge in [-0.1, -0.05) is 30.3 Å². The van der Waals surface area contributed by atoms with Gasteiger partial charge in [0.1, 0.15) is 17.4 Å². The molecule has 27 heavy (non-hydrogen) atoms. The number of amidine groups is 1. The highest BCUT2D eigenvalue weighted by molar-refractivity contribution is 6.00. The third kappa shape index (κ3) is 5.30. The van der Waals surface area contributed by atoms with Crippen LogP contribution in [0, 0.1) is 18.7 Å². The molecule has 0 amide bonds. The van der Waals surface area contributed by atoms with Gasteiger partial charge in [-0.3, -0.25) is 4.99 Å². The van der Waals surface area contributed by atoms with Crippen LogP contribution in [0.15, 0.2) is 47.5 Å². The van der Waals surface area contributed by atoms with E-state index >= 15 is 0 Å². The summed E-state index contributed by atoms with van der Waals surface area (Å²) in [6.07, 6.45) is 2.21. The van der Waals surface area contributed by atoms with Crippen molar-refractivity contribution in [1.82, 2.24) is 10.6 Å². The van der Waals surface area contributed by atoms with Gasteiger partial charge in [0, 0.05) is 19.7 Å². The Balaban J connectivity index is 1.67. The quantitative estimate of drug-likeness (QED) is 0.603. The van der Waals surface area contributed by atoms with Gasteiger partial charge in [-0.25, -0.2) is 4.39 Å². The Morgan fingerprint density at radius 2 is 1.96 bits per heavy atom. The number of halogens is 1. The molecular formula is C22H28FN3O. The fourth-order valence-electron chi connectivity index (χ4n) is 3.42. The van der Waals surface area contributed by atoms with Gasteiger partial charge in [-0.2, -0.15) is 0 Å². The molecule has 1 heterocycles. The summed E-state index contributed by atoms with van der Waals surface area (Å²) >= 11 is 0. The highest BCUT2D eigenvalue weighted by Gasteiger charge is 2.17. The SMILES string of the molecule is CN=C(NCc1ccccc1)c1c(C)cc(OCC2CCNCC2)cc1F. The molecule has 4 nitrogen and oxygen atoms in total. The first-order valence-electron chi connectivity index (χ1n) is 9.56. The van der Waals surface area contributed by atoms with Gasteiger partial charge >= 0.3 is 0 Å². The predicted octanol–water partition coefficient (Wildman–Crippen LogP) is 3.68. The van der Waals surface area contributed by atoms with Crippen molar-refractivity contribution in [3.05, 3.63) is 65.0 Å². The summed E-state index contributed by atoms with van der Waals surface area (Å²) in [4.78, 5) is 4.26. The summed E-state index contributed by atoms with van der Waals surface area (Å²) in [5.41, 5.74) is 2.44. The highest BCUT2D eigenvalue weighted by Crippen LogP contribution is 2.23. The largest absolute Gasteiger partial charge is 0.493 e. The second kappa shape index (κ2) is 9.51. The number of hydrogen-bond donors (Lipinski definition) is 2. The van der Waals surface area contributed by atoms with Crippen LogP contribution in [0.25, 0.3) is 0 Å². The van der Waals surface area contributed by atoms with E-state index in [4.69, 9.17) is 4.74 Å². The third-order valence-electron chi connectivity index (χ3n) is 4.97. The summed E-state index contributed by atoms with van der Waals surface area (Å²) < 4.78 is 20.7. The molecule has 144 valence electrons. The Kier molecular flexibility index (Phi) is 6.82. The molecule has 0 aliphatic carbocycles. The molecule has 0 bridgehead atoms. The number of benzene rings is 2. The second-order valence-electron chi connectivity index (χ2n) is 7.01. The minimum Gasteiger partial charge on any atom is -0.493 e. The van der Waals surface area contributed by atoms with Crippen LogP contribution in [-0.4, -0.2) is 32.6 Å². The molecule has 0 atom stereocenters. The normalized spacial score (nSPS) is 15.6. The maximum absolute atomic E-state index is 14.8. The van der Waals surface area contributed by atoms with Crippen LogP contribution in [0.4, 0.5) is 4.39 Å².